The zero-order valence-electron chi connectivity index (χ0n) is 9.29. The van der Waals surface area contributed by atoms with E-state index in [1.807, 2.05) is 0 Å². The van der Waals surface area contributed by atoms with Gasteiger partial charge in [-0.15, -0.1) is 0 Å². The number of alkyl halides is 8. The van der Waals surface area contributed by atoms with Crippen LogP contribution in [0, 0.1) is 5.82 Å². The lowest BCUT2D eigenvalue weighted by Gasteiger charge is -2.27. The summed E-state index contributed by atoms with van der Waals surface area (Å²) in [6.45, 7) is 0. The van der Waals surface area contributed by atoms with Crippen molar-refractivity contribution in [3.05, 3.63) is 35.1 Å². The van der Waals surface area contributed by atoms with E-state index in [1.54, 1.807) is 0 Å². The summed E-state index contributed by atoms with van der Waals surface area (Å²) in [4.78, 5) is 0. The van der Waals surface area contributed by atoms with E-state index in [0.29, 0.717) is 6.07 Å². The molecule has 0 radical (unpaired) electrons. The van der Waals surface area contributed by atoms with Crippen molar-refractivity contribution in [3.63, 3.8) is 0 Å². The third-order valence-electron chi connectivity index (χ3n) is 2.42. The molecular formula is C10H6F9N. The van der Waals surface area contributed by atoms with Gasteiger partial charge in [0, 0.05) is 0 Å². The van der Waals surface area contributed by atoms with E-state index in [9.17, 15) is 39.5 Å². The highest BCUT2D eigenvalue weighted by atomic mass is 19.4. The predicted octanol–water partition coefficient (Wildman–Crippen LogP) is 4.04. The van der Waals surface area contributed by atoms with Gasteiger partial charge in [-0.05, 0) is 17.7 Å². The van der Waals surface area contributed by atoms with Gasteiger partial charge >= 0.3 is 18.3 Å². The molecule has 1 aromatic rings. The standard InChI is InChI=1S/C10H6F9N/c11-4-1-2-5(6(3-4)9(14,15)16)7(20)8(12,13)10(17,18)19/h1-3,7H,20H2/t7-/m1/s1. The summed E-state index contributed by atoms with van der Waals surface area (Å²) >= 11 is 0. The summed E-state index contributed by atoms with van der Waals surface area (Å²) < 4.78 is 113. The monoisotopic (exact) mass is 311 g/mol. The summed E-state index contributed by atoms with van der Waals surface area (Å²) in [6.07, 6.45) is -11.5. The highest BCUT2D eigenvalue weighted by molar-refractivity contribution is 5.34. The second kappa shape index (κ2) is 4.83. The Bertz CT molecular complexity index is 488. The molecule has 0 fully saturated rings. The Hall–Kier alpha value is -1.45. The molecule has 1 aromatic carbocycles. The minimum Gasteiger partial charge on any atom is -0.319 e. The van der Waals surface area contributed by atoms with E-state index >= 15 is 0 Å². The van der Waals surface area contributed by atoms with Crippen LogP contribution >= 0.6 is 0 Å². The Labute approximate surface area is 106 Å². The molecule has 10 heteroatoms. The number of halogens is 9. The van der Waals surface area contributed by atoms with Crippen LogP contribution in [0.25, 0.3) is 0 Å². The van der Waals surface area contributed by atoms with Gasteiger partial charge in [0.25, 0.3) is 0 Å². The molecule has 0 saturated heterocycles. The SMILES string of the molecule is N[C@H](c1ccc(F)cc1C(F)(F)F)C(F)(F)C(F)(F)F. The zero-order valence-corrected chi connectivity index (χ0v) is 9.29. The van der Waals surface area contributed by atoms with Crippen molar-refractivity contribution < 1.29 is 39.5 Å². The molecule has 0 unspecified atom stereocenters. The van der Waals surface area contributed by atoms with Crippen LogP contribution in [0.4, 0.5) is 39.5 Å². The lowest BCUT2D eigenvalue weighted by atomic mass is 9.95. The second-order valence-corrected chi connectivity index (χ2v) is 3.83. The summed E-state index contributed by atoms with van der Waals surface area (Å²) in [5.74, 6) is -7.03. The van der Waals surface area contributed by atoms with Gasteiger partial charge in [-0.3, -0.25) is 0 Å². The first kappa shape index (κ1) is 16.6. The Morgan fingerprint density at radius 1 is 0.900 bits per heavy atom. The van der Waals surface area contributed by atoms with Gasteiger partial charge in [-0.2, -0.15) is 35.1 Å². The van der Waals surface area contributed by atoms with Crippen LogP contribution in [-0.4, -0.2) is 12.1 Å². The van der Waals surface area contributed by atoms with Crippen molar-refractivity contribution in [3.8, 4) is 0 Å². The van der Waals surface area contributed by atoms with E-state index in [2.05, 4.69) is 5.73 Å². The first-order valence-corrected chi connectivity index (χ1v) is 4.85. The summed E-state index contributed by atoms with van der Waals surface area (Å²) in [5, 5.41) is 0. The minimum atomic E-state index is -6.14. The number of nitrogens with two attached hydrogens (primary N) is 1. The largest absolute Gasteiger partial charge is 0.455 e. The quantitative estimate of drug-likeness (QED) is 0.820. The smallest absolute Gasteiger partial charge is 0.319 e. The van der Waals surface area contributed by atoms with E-state index in [0.717, 1.165) is 0 Å². The topological polar surface area (TPSA) is 26.0 Å². The Kier molecular flexibility index (Phi) is 4.01. The fourth-order valence-electron chi connectivity index (χ4n) is 1.42. The lowest BCUT2D eigenvalue weighted by Crippen LogP contribution is -2.46. The molecule has 2 N–H and O–H groups in total. The third-order valence-corrected chi connectivity index (χ3v) is 2.42. The van der Waals surface area contributed by atoms with Crippen LogP contribution < -0.4 is 5.73 Å². The number of hydrogen-bond donors (Lipinski definition) is 1. The van der Waals surface area contributed by atoms with Gasteiger partial charge in [0.1, 0.15) is 11.9 Å². The molecule has 1 nitrogen and oxygen atoms in total. The molecule has 0 aromatic heterocycles. The molecule has 0 aliphatic carbocycles. The van der Waals surface area contributed by atoms with Crippen molar-refractivity contribution >= 4 is 0 Å². The van der Waals surface area contributed by atoms with Gasteiger partial charge in [0.2, 0.25) is 0 Å². The highest BCUT2D eigenvalue weighted by Crippen LogP contribution is 2.46. The number of rotatable bonds is 2. The second-order valence-electron chi connectivity index (χ2n) is 3.83. The summed E-state index contributed by atoms with van der Waals surface area (Å²) in [7, 11) is 0. The number of hydrogen-bond acceptors (Lipinski definition) is 1. The Morgan fingerprint density at radius 2 is 1.40 bits per heavy atom. The number of benzene rings is 1. The van der Waals surface area contributed by atoms with Crippen LogP contribution in [0.2, 0.25) is 0 Å². The van der Waals surface area contributed by atoms with Gasteiger partial charge in [0.15, 0.2) is 0 Å². The van der Waals surface area contributed by atoms with E-state index in [4.69, 9.17) is 0 Å². The molecule has 114 valence electrons. The van der Waals surface area contributed by atoms with Crippen molar-refractivity contribution in [2.75, 3.05) is 0 Å². The third kappa shape index (κ3) is 3.00. The predicted molar refractivity (Wildman–Crippen MR) is 49.3 cm³/mol. The maximum atomic E-state index is 13.0. The van der Waals surface area contributed by atoms with Gasteiger partial charge in [0.05, 0.1) is 5.56 Å². The van der Waals surface area contributed by atoms with E-state index < -0.39 is 41.3 Å². The summed E-state index contributed by atoms with van der Waals surface area (Å²) in [6, 6.07) is -3.03. The van der Waals surface area contributed by atoms with Crippen LogP contribution in [0.3, 0.4) is 0 Å². The average molecular weight is 311 g/mol. The molecule has 20 heavy (non-hydrogen) atoms. The molecule has 0 heterocycles. The fraction of sp³-hybridized carbons (Fsp3) is 0.400. The highest BCUT2D eigenvalue weighted by Gasteiger charge is 2.62. The zero-order chi connectivity index (χ0) is 15.9. The van der Waals surface area contributed by atoms with Gasteiger partial charge in [-0.1, -0.05) is 6.07 Å². The Balaban J connectivity index is 3.41. The minimum absolute atomic E-state index is 0.155. The molecule has 1 rings (SSSR count). The average Bonchev–Trinajstić information content (AvgIpc) is 2.25. The van der Waals surface area contributed by atoms with Crippen molar-refractivity contribution in [2.24, 2.45) is 5.73 Å². The lowest BCUT2D eigenvalue weighted by molar-refractivity contribution is -0.291. The molecule has 1 atom stereocenters. The molecule has 0 amide bonds. The van der Waals surface area contributed by atoms with Gasteiger partial charge in [-0.25, -0.2) is 4.39 Å². The Morgan fingerprint density at radius 3 is 1.80 bits per heavy atom. The van der Waals surface area contributed by atoms with Crippen molar-refractivity contribution in [1.82, 2.24) is 0 Å². The maximum absolute atomic E-state index is 13.0. The molecule has 0 aliphatic rings. The van der Waals surface area contributed by atoms with E-state index in [-0.39, 0.29) is 12.1 Å². The van der Waals surface area contributed by atoms with Crippen LogP contribution in [-0.2, 0) is 6.18 Å². The maximum Gasteiger partial charge on any atom is 0.455 e. The van der Waals surface area contributed by atoms with E-state index in [1.165, 1.54) is 0 Å². The summed E-state index contributed by atoms with van der Waals surface area (Å²) in [5.41, 5.74) is 1.10. The molecule has 0 aliphatic heterocycles. The van der Waals surface area contributed by atoms with Crippen molar-refractivity contribution in [2.45, 2.75) is 24.3 Å². The molecule has 0 bridgehead atoms. The first-order chi connectivity index (χ1) is 8.78. The van der Waals surface area contributed by atoms with Crippen molar-refractivity contribution in [1.29, 1.82) is 0 Å². The van der Waals surface area contributed by atoms with Gasteiger partial charge < -0.3 is 5.73 Å². The molecular weight excluding hydrogens is 305 g/mol. The first-order valence-electron chi connectivity index (χ1n) is 4.85. The van der Waals surface area contributed by atoms with Crippen LogP contribution in [0.5, 0.6) is 0 Å². The molecule has 0 saturated carbocycles. The normalized spacial score (nSPS) is 15.3. The fourth-order valence-corrected chi connectivity index (χ4v) is 1.42. The van der Waals surface area contributed by atoms with Crippen LogP contribution in [0.1, 0.15) is 17.2 Å². The van der Waals surface area contributed by atoms with Crippen LogP contribution in [0.15, 0.2) is 18.2 Å². The molecule has 0 spiro atoms.